The summed E-state index contributed by atoms with van der Waals surface area (Å²) >= 11 is 13.8. The molecule has 8 rings (SSSR count). The normalized spacial score (nSPS) is 12.3. The summed E-state index contributed by atoms with van der Waals surface area (Å²) in [6, 6.07) is 28.7. The van der Waals surface area contributed by atoms with Crippen molar-refractivity contribution in [2.24, 2.45) is 14.1 Å². The van der Waals surface area contributed by atoms with Crippen LogP contribution in [0, 0.1) is 13.8 Å². The molecule has 2 unspecified atom stereocenters. The first-order chi connectivity index (χ1) is 35.7. The number of aliphatic hydroxyl groups excluding tert-OH is 2. The quantitative estimate of drug-likeness (QED) is 0.0315. The number of carboxylic acids is 2. The van der Waals surface area contributed by atoms with E-state index in [4.69, 9.17) is 42.1 Å². The summed E-state index contributed by atoms with van der Waals surface area (Å²) in [7, 11) is 3.75. The molecule has 6 N–H and O–H groups in total. The van der Waals surface area contributed by atoms with E-state index in [1.54, 1.807) is 46.0 Å². The second kappa shape index (κ2) is 24.2. The summed E-state index contributed by atoms with van der Waals surface area (Å²) < 4.78 is 29.3. The van der Waals surface area contributed by atoms with Crippen LogP contribution in [0.15, 0.2) is 109 Å². The third-order valence-corrected chi connectivity index (χ3v) is 13.8. The number of aliphatic carboxylic acids is 2. The molecule has 16 nitrogen and oxygen atoms in total. The van der Waals surface area contributed by atoms with Gasteiger partial charge in [-0.05, 0) is 84.3 Å². The number of halogens is 2. The lowest BCUT2D eigenvalue weighted by Gasteiger charge is -2.20. The van der Waals surface area contributed by atoms with Gasteiger partial charge in [0.2, 0.25) is 0 Å². The SMILES string of the molecule is Cc1c(COc2cc(OCc3cccc4c3cnn4C)c(CNC(CCO)C(=O)O)cc2Cl)cccc1-c1cccc(COc2cc(OCc3cccc4c3cnn4C)c(CNC(CCO)C(=O)O)cc2Cl)c1C. The fraction of sp³-hybridized carbons (Fsp3) is 0.286. The number of carbonyl (C=O) groups is 2. The summed E-state index contributed by atoms with van der Waals surface area (Å²) in [6.07, 6.45) is 3.64. The van der Waals surface area contributed by atoms with E-state index in [1.165, 1.54) is 0 Å². The van der Waals surface area contributed by atoms with Crippen LogP contribution in [0.1, 0.15) is 57.3 Å². The number of benzene rings is 6. The van der Waals surface area contributed by atoms with E-state index in [2.05, 4.69) is 33.0 Å². The first-order valence-corrected chi connectivity index (χ1v) is 24.8. The predicted molar refractivity (Wildman–Crippen MR) is 283 cm³/mol. The molecule has 6 aromatic carbocycles. The average Bonchev–Trinajstić information content (AvgIpc) is 3.97. The Morgan fingerprint density at radius 1 is 0.541 bits per heavy atom. The summed E-state index contributed by atoms with van der Waals surface area (Å²) in [6.45, 7) is 4.45. The number of nitrogens with zero attached hydrogens (tertiary/aromatic N) is 4. The summed E-state index contributed by atoms with van der Waals surface area (Å²) in [4.78, 5) is 23.8. The molecule has 2 atom stereocenters. The largest absolute Gasteiger partial charge is 0.488 e. The lowest BCUT2D eigenvalue weighted by Crippen LogP contribution is -2.37. The van der Waals surface area contributed by atoms with Gasteiger partial charge in [-0.15, -0.1) is 0 Å². The van der Waals surface area contributed by atoms with Crippen LogP contribution in [-0.4, -0.2) is 77.2 Å². The van der Waals surface area contributed by atoms with Crippen molar-refractivity contribution in [1.82, 2.24) is 30.2 Å². The average molecular weight is 1050 g/mol. The van der Waals surface area contributed by atoms with E-state index in [0.29, 0.717) is 44.2 Å². The van der Waals surface area contributed by atoms with Gasteiger partial charge in [-0.2, -0.15) is 10.2 Å². The second-order valence-electron chi connectivity index (χ2n) is 17.9. The van der Waals surface area contributed by atoms with Crippen molar-refractivity contribution in [3.8, 4) is 34.1 Å². The monoisotopic (exact) mass is 1040 g/mol. The summed E-state index contributed by atoms with van der Waals surface area (Å²) in [5, 5.41) is 55.8. The molecule has 8 aromatic rings. The number of rotatable bonds is 25. The molecule has 0 radical (unpaired) electrons. The first kappa shape index (κ1) is 53.1. The van der Waals surface area contributed by atoms with Crippen molar-refractivity contribution in [2.75, 3.05) is 13.2 Å². The zero-order valence-corrected chi connectivity index (χ0v) is 42.9. The number of hydrogen-bond acceptors (Lipinski definition) is 12. The Kier molecular flexibility index (Phi) is 17.4. The van der Waals surface area contributed by atoms with E-state index in [0.717, 1.165) is 66.3 Å². The van der Waals surface area contributed by atoms with Crippen LogP contribution in [0.4, 0.5) is 0 Å². The molecule has 0 amide bonds. The van der Waals surface area contributed by atoms with Gasteiger partial charge < -0.3 is 50.0 Å². The minimum atomic E-state index is -1.08. The van der Waals surface area contributed by atoms with Crippen LogP contribution < -0.4 is 29.6 Å². The molecule has 0 fully saturated rings. The van der Waals surface area contributed by atoms with Crippen LogP contribution in [0.2, 0.25) is 10.0 Å². The third-order valence-electron chi connectivity index (χ3n) is 13.2. The van der Waals surface area contributed by atoms with Crippen LogP contribution in [0.25, 0.3) is 32.9 Å². The molecule has 0 saturated heterocycles. The van der Waals surface area contributed by atoms with Crippen LogP contribution in [-0.2, 0) is 63.2 Å². The lowest BCUT2D eigenvalue weighted by molar-refractivity contribution is -0.140. The predicted octanol–water partition coefficient (Wildman–Crippen LogP) is 9.22. The number of ether oxygens (including phenoxy) is 4. The first-order valence-electron chi connectivity index (χ1n) is 24.0. The van der Waals surface area contributed by atoms with Crippen molar-refractivity contribution >= 4 is 56.9 Å². The van der Waals surface area contributed by atoms with Gasteiger partial charge in [0.05, 0.1) is 33.5 Å². The molecular formula is C56H58Cl2N6O10. The number of hydrogen-bond donors (Lipinski definition) is 6. The van der Waals surface area contributed by atoms with Gasteiger partial charge >= 0.3 is 11.9 Å². The van der Waals surface area contributed by atoms with Crippen molar-refractivity contribution in [3.05, 3.63) is 164 Å². The molecule has 74 heavy (non-hydrogen) atoms. The van der Waals surface area contributed by atoms with E-state index in [1.807, 2.05) is 88.6 Å². The lowest BCUT2D eigenvalue weighted by atomic mass is 9.92. The molecule has 2 heterocycles. The molecule has 0 saturated carbocycles. The van der Waals surface area contributed by atoms with Gasteiger partial charge in [-0.3, -0.25) is 19.0 Å². The summed E-state index contributed by atoms with van der Waals surface area (Å²) in [5.74, 6) is -0.504. The molecule has 0 aliphatic rings. The smallest absolute Gasteiger partial charge is 0.320 e. The van der Waals surface area contributed by atoms with Crippen molar-refractivity contribution in [3.63, 3.8) is 0 Å². The zero-order chi connectivity index (χ0) is 52.5. The topological polar surface area (TPSA) is 212 Å². The standard InChI is InChI=1S/C56H58Cl2N6O10/c1-33-35(29-73-53-23-51(39(21-45(53)57)25-59-47(17-19-65)55(67)68)71-31-37-11-7-15-49-43(37)27-61-63(49)3)9-5-13-41(33)42-14-6-10-36(34(42)2)30-74-54-24-52(40(22-46(54)58)26-60-48(18-20-66)56(69)70)72-32-38-12-8-16-50-44(38)28-62-64(50)4/h5-16,21-24,27-28,47-48,59-60,65-66H,17-20,25-26,29-32H2,1-4H3,(H,67,68)(H,69,70). The maximum atomic E-state index is 11.9. The Morgan fingerprint density at radius 2 is 0.905 bits per heavy atom. The Bertz CT molecular complexity index is 3090. The van der Waals surface area contributed by atoms with Gasteiger partial charge in [0.15, 0.2) is 0 Å². The molecule has 0 spiro atoms. The number of fused-ring (bicyclic) bond motifs is 2. The maximum Gasteiger partial charge on any atom is 0.320 e. The molecule has 2 aromatic heterocycles. The second-order valence-corrected chi connectivity index (χ2v) is 18.7. The molecular weight excluding hydrogens is 988 g/mol. The number of carboxylic acid groups (broad SMARTS) is 2. The van der Waals surface area contributed by atoms with Crippen LogP contribution >= 0.6 is 23.2 Å². The summed E-state index contributed by atoms with van der Waals surface area (Å²) in [5.41, 5.74) is 10.8. The number of aliphatic hydroxyl groups is 2. The Balaban J connectivity index is 1.00. The molecule has 0 bridgehead atoms. The number of aryl methyl sites for hydroxylation is 2. The highest BCUT2D eigenvalue weighted by molar-refractivity contribution is 6.32. The number of nitrogens with one attached hydrogen (secondary N) is 2. The molecule has 386 valence electrons. The highest BCUT2D eigenvalue weighted by Gasteiger charge is 2.22. The van der Waals surface area contributed by atoms with Gasteiger partial charge in [0.1, 0.15) is 61.5 Å². The molecule has 18 heteroatoms. The Hall–Kier alpha value is -7.18. The molecule has 0 aliphatic heterocycles. The zero-order valence-electron chi connectivity index (χ0n) is 41.4. The highest BCUT2D eigenvalue weighted by Crippen LogP contribution is 2.38. The van der Waals surface area contributed by atoms with Gasteiger partial charge in [-0.1, -0.05) is 83.9 Å². The van der Waals surface area contributed by atoms with Gasteiger partial charge in [0, 0.05) is 85.6 Å². The Labute approximate surface area is 438 Å². The van der Waals surface area contributed by atoms with E-state index >= 15 is 0 Å². The minimum Gasteiger partial charge on any atom is -0.488 e. The number of aromatic nitrogens is 4. The minimum absolute atomic E-state index is 0.0266. The van der Waals surface area contributed by atoms with E-state index in [9.17, 15) is 30.0 Å². The van der Waals surface area contributed by atoms with E-state index < -0.39 is 24.0 Å². The van der Waals surface area contributed by atoms with Crippen molar-refractivity contribution < 1.29 is 49.0 Å². The Morgan fingerprint density at radius 3 is 1.30 bits per heavy atom. The van der Waals surface area contributed by atoms with Crippen molar-refractivity contribution in [1.29, 1.82) is 0 Å². The third kappa shape index (κ3) is 12.2. The van der Waals surface area contributed by atoms with E-state index in [-0.39, 0.29) is 65.6 Å². The van der Waals surface area contributed by atoms with Crippen LogP contribution in [0.5, 0.6) is 23.0 Å². The fourth-order valence-corrected chi connectivity index (χ4v) is 9.36. The maximum absolute atomic E-state index is 11.9. The van der Waals surface area contributed by atoms with Crippen molar-refractivity contribution in [2.45, 2.75) is 78.3 Å². The van der Waals surface area contributed by atoms with Gasteiger partial charge in [0.25, 0.3) is 0 Å². The molecule has 0 aliphatic carbocycles. The highest BCUT2D eigenvalue weighted by atomic mass is 35.5. The van der Waals surface area contributed by atoms with Crippen LogP contribution in [0.3, 0.4) is 0 Å². The fourth-order valence-electron chi connectivity index (χ4n) is 8.88. The van der Waals surface area contributed by atoms with Gasteiger partial charge in [-0.25, -0.2) is 0 Å².